The molecule has 1 aromatic rings. The summed E-state index contributed by atoms with van der Waals surface area (Å²) in [4.78, 5) is 0. The Labute approximate surface area is 98.7 Å². The van der Waals surface area contributed by atoms with Gasteiger partial charge in [0, 0.05) is 12.1 Å². The van der Waals surface area contributed by atoms with Crippen LogP contribution in [0.5, 0.6) is 0 Å². The van der Waals surface area contributed by atoms with Crippen molar-refractivity contribution < 1.29 is 5.11 Å². The molecule has 1 unspecified atom stereocenters. The van der Waals surface area contributed by atoms with Crippen molar-refractivity contribution >= 4 is 0 Å². The van der Waals surface area contributed by atoms with Gasteiger partial charge in [-0.2, -0.15) is 0 Å². The lowest BCUT2D eigenvalue weighted by Gasteiger charge is -2.18. The van der Waals surface area contributed by atoms with Crippen LogP contribution in [-0.2, 0) is 6.42 Å². The quantitative estimate of drug-likeness (QED) is 0.774. The zero-order valence-corrected chi connectivity index (χ0v) is 10.5. The summed E-state index contributed by atoms with van der Waals surface area (Å²) >= 11 is 0. The lowest BCUT2D eigenvalue weighted by molar-refractivity contribution is 0.243. The number of rotatable bonds is 6. The molecular formula is C14H23NO. The number of hydrogen-bond donors (Lipinski definition) is 2. The molecule has 0 fully saturated rings. The van der Waals surface area contributed by atoms with Gasteiger partial charge in [0.25, 0.3) is 0 Å². The standard InChI is InChI=1S/C14H23NO/c1-4-5-13-6-8-14(9-7-13)12(3)15-11(2)10-16/h6-9,11-12,15-16H,4-5,10H2,1-3H3/t11-,12?/m0/s1. The fourth-order valence-corrected chi connectivity index (χ4v) is 1.84. The Hall–Kier alpha value is -0.860. The Morgan fingerprint density at radius 2 is 1.81 bits per heavy atom. The van der Waals surface area contributed by atoms with E-state index in [4.69, 9.17) is 5.11 Å². The van der Waals surface area contributed by atoms with Gasteiger partial charge in [-0.15, -0.1) is 0 Å². The monoisotopic (exact) mass is 221 g/mol. The minimum absolute atomic E-state index is 0.144. The van der Waals surface area contributed by atoms with Crippen molar-refractivity contribution in [2.75, 3.05) is 6.61 Å². The van der Waals surface area contributed by atoms with Crippen molar-refractivity contribution in [2.45, 2.75) is 45.7 Å². The van der Waals surface area contributed by atoms with Gasteiger partial charge in [-0.1, -0.05) is 37.6 Å². The topological polar surface area (TPSA) is 32.3 Å². The first kappa shape index (κ1) is 13.2. The Morgan fingerprint density at radius 3 is 2.31 bits per heavy atom. The van der Waals surface area contributed by atoms with Crippen LogP contribution in [0.15, 0.2) is 24.3 Å². The van der Waals surface area contributed by atoms with Crippen molar-refractivity contribution in [3.63, 3.8) is 0 Å². The Morgan fingerprint density at radius 1 is 1.19 bits per heavy atom. The molecular weight excluding hydrogens is 198 g/mol. The van der Waals surface area contributed by atoms with Crippen molar-refractivity contribution in [1.29, 1.82) is 0 Å². The van der Waals surface area contributed by atoms with Crippen LogP contribution in [0.2, 0.25) is 0 Å². The lowest BCUT2D eigenvalue weighted by atomic mass is 10.0. The molecule has 1 rings (SSSR count). The second kappa shape index (κ2) is 6.66. The van der Waals surface area contributed by atoms with Gasteiger partial charge in [0.05, 0.1) is 6.61 Å². The predicted octanol–water partition coefficient (Wildman–Crippen LogP) is 2.67. The van der Waals surface area contributed by atoms with Crippen LogP contribution in [0.3, 0.4) is 0 Å². The third-order valence-electron chi connectivity index (χ3n) is 2.83. The van der Waals surface area contributed by atoms with Gasteiger partial charge in [0.1, 0.15) is 0 Å². The number of hydrogen-bond acceptors (Lipinski definition) is 2. The molecule has 0 spiro atoms. The molecule has 0 amide bonds. The average Bonchev–Trinajstić information content (AvgIpc) is 2.30. The van der Waals surface area contributed by atoms with Crippen LogP contribution >= 0.6 is 0 Å². The highest BCUT2D eigenvalue weighted by Crippen LogP contribution is 2.14. The first-order valence-corrected chi connectivity index (χ1v) is 6.13. The van der Waals surface area contributed by atoms with Crippen molar-refractivity contribution in [1.82, 2.24) is 5.32 Å². The zero-order valence-electron chi connectivity index (χ0n) is 10.5. The summed E-state index contributed by atoms with van der Waals surface area (Å²) in [7, 11) is 0. The predicted molar refractivity (Wildman–Crippen MR) is 68.5 cm³/mol. The Kier molecular flexibility index (Phi) is 5.50. The van der Waals surface area contributed by atoms with Crippen LogP contribution in [0.25, 0.3) is 0 Å². The average molecular weight is 221 g/mol. The normalized spacial score (nSPS) is 14.8. The fraction of sp³-hybridized carbons (Fsp3) is 0.571. The summed E-state index contributed by atoms with van der Waals surface area (Å²) in [6, 6.07) is 9.17. The largest absolute Gasteiger partial charge is 0.395 e. The number of aliphatic hydroxyl groups is 1. The highest BCUT2D eigenvalue weighted by Gasteiger charge is 2.08. The summed E-state index contributed by atoms with van der Waals surface area (Å²) in [5.74, 6) is 0. The first-order chi connectivity index (χ1) is 7.67. The molecule has 0 bridgehead atoms. The molecule has 0 radical (unpaired) electrons. The third-order valence-corrected chi connectivity index (χ3v) is 2.83. The molecule has 0 heterocycles. The first-order valence-electron chi connectivity index (χ1n) is 6.13. The van der Waals surface area contributed by atoms with Gasteiger partial charge in [-0.05, 0) is 31.4 Å². The lowest BCUT2D eigenvalue weighted by Crippen LogP contribution is -2.31. The summed E-state index contributed by atoms with van der Waals surface area (Å²) < 4.78 is 0. The van der Waals surface area contributed by atoms with Gasteiger partial charge in [-0.3, -0.25) is 0 Å². The fourth-order valence-electron chi connectivity index (χ4n) is 1.84. The van der Waals surface area contributed by atoms with Crippen LogP contribution < -0.4 is 5.32 Å². The van der Waals surface area contributed by atoms with Crippen molar-refractivity contribution in [3.05, 3.63) is 35.4 Å². The minimum atomic E-state index is 0.144. The molecule has 0 aliphatic heterocycles. The van der Waals surface area contributed by atoms with Gasteiger partial charge < -0.3 is 10.4 Å². The van der Waals surface area contributed by atoms with Gasteiger partial charge in [0.15, 0.2) is 0 Å². The maximum atomic E-state index is 8.98. The Balaban J connectivity index is 2.59. The molecule has 90 valence electrons. The Bertz CT molecular complexity index is 294. The number of aliphatic hydroxyl groups excluding tert-OH is 1. The molecule has 0 aromatic heterocycles. The van der Waals surface area contributed by atoms with Crippen LogP contribution in [0.1, 0.15) is 44.4 Å². The molecule has 0 aliphatic rings. The van der Waals surface area contributed by atoms with E-state index in [1.54, 1.807) is 0 Å². The number of aryl methyl sites for hydroxylation is 1. The molecule has 0 aliphatic carbocycles. The molecule has 2 heteroatoms. The van der Waals surface area contributed by atoms with Crippen LogP contribution in [0, 0.1) is 0 Å². The molecule has 0 saturated carbocycles. The van der Waals surface area contributed by atoms with Gasteiger partial charge >= 0.3 is 0 Å². The maximum absolute atomic E-state index is 8.98. The third kappa shape index (κ3) is 3.95. The van der Waals surface area contributed by atoms with Gasteiger partial charge in [-0.25, -0.2) is 0 Å². The smallest absolute Gasteiger partial charge is 0.0582 e. The highest BCUT2D eigenvalue weighted by atomic mass is 16.3. The highest BCUT2D eigenvalue weighted by molar-refractivity contribution is 5.24. The van der Waals surface area contributed by atoms with E-state index in [0.29, 0.717) is 0 Å². The second-order valence-electron chi connectivity index (χ2n) is 4.46. The van der Waals surface area contributed by atoms with Crippen LogP contribution in [0.4, 0.5) is 0 Å². The van der Waals surface area contributed by atoms with Crippen molar-refractivity contribution in [2.24, 2.45) is 0 Å². The SMILES string of the molecule is CCCc1ccc(C(C)N[C@@H](C)CO)cc1. The molecule has 2 nitrogen and oxygen atoms in total. The van der Waals surface area contributed by atoms with E-state index in [9.17, 15) is 0 Å². The van der Waals surface area contributed by atoms with Crippen molar-refractivity contribution in [3.8, 4) is 0 Å². The van der Waals surface area contributed by atoms with E-state index in [2.05, 4.69) is 43.4 Å². The molecule has 2 atom stereocenters. The van der Waals surface area contributed by atoms with E-state index in [1.165, 1.54) is 17.5 Å². The van der Waals surface area contributed by atoms with Crippen LogP contribution in [-0.4, -0.2) is 17.8 Å². The van der Waals surface area contributed by atoms with E-state index in [-0.39, 0.29) is 18.7 Å². The second-order valence-corrected chi connectivity index (χ2v) is 4.46. The molecule has 1 aromatic carbocycles. The molecule has 16 heavy (non-hydrogen) atoms. The minimum Gasteiger partial charge on any atom is -0.395 e. The summed E-state index contributed by atoms with van der Waals surface area (Å²) in [5.41, 5.74) is 2.67. The zero-order chi connectivity index (χ0) is 12.0. The van der Waals surface area contributed by atoms with E-state index in [0.717, 1.165) is 6.42 Å². The summed E-state index contributed by atoms with van der Waals surface area (Å²) in [6.45, 7) is 6.49. The van der Waals surface area contributed by atoms with Gasteiger partial charge in [0.2, 0.25) is 0 Å². The van der Waals surface area contributed by atoms with E-state index in [1.807, 2.05) is 6.92 Å². The van der Waals surface area contributed by atoms with E-state index >= 15 is 0 Å². The maximum Gasteiger partial charge on any atom is 0.0582 e. The molecule has 0 saturated heterocycles. The number of benzene rings is 1. The molecule has 2 N–H and O–H groups in total. The summed E-state index contributed by atoms with van der Waals surface area (Å²) in [5, 5.41) is 12.3. The van der Waals surface area contributed by atoms with E-state index < -0.39 is 0 Å². The number of nitrogens with one attached hydrogen (secondary N) is 1. The summed E-state index contributed by atoms with van der Waals surface area (Å²) in [6.07, 6.45) is 2.34.